The zero-order valence-electron chi connectivity index (χ0n) is 57.8. The van der Waals surface area contributed by atoms with Crippen molar-refractivity contribution in [3.05, 3.63) is 24.3 Å². The van der Waals surface area contributed by atoms with Gasteiger partial charge in [0, 0.05) is 12.8 Å². The van der Waals surface area contributed by atoms with Crippen LogP contribution in [0.1, 0.15) is 393 Å². The van der Waals surface area contributed by atoms with Crippen LogP contribution in [-0.4, -0.2) is 69.4 Å². The fourth-order valence-electron chi connectivity index (χ4n) is 11.6. The molecule has 0 fully saturated rings. The Balaban J connectivity index is 5.01. The van der Waals surface area contributed by atoms with Gasteiger partial charge in [-0.3, -0.25) is 14.2 Å². The number of hydrogen-bond acceptors (Lipinski definition) is 7. The Bertz CT molecular complexity index is 1500. The van der Waals surface area contributed by atoms with Gasteiger partial charge in [-0.1, -0.05) is 347 Å². The number of nitrogens with zero attached hydrogens (tertiary/aromatic N) is 1. The molecule has 0 radical (unpaired) electrons. The molecule has 9 nitrogen and oxygen atoms in total. The molecular formula is C75H147N2O7P. The first-order valence-corrected chi connectivity index (χ1v) is 39.1. The van der Waals surface area contributed by atoms with E-state index >= 15 is 0 Å². The lowest BCUT2D eigenvalue weighted by atomic mass is 10.0. The first-order valence-electron chi connectivity index (χ1n) is 37.6. The van der Waals surface area contributed by atoms with Crippen LogP contribution in [0.3, 0.4) is 0 Å². The molecule has 0 spiro atoms. The van der Waals surface area contributed by atoms with Gasteiger partial charge in [0.2, 0.25) is 5.91 Å². The topological polar surface area (TPSA) is 114 Å². The zero-order chi connectivity index (χ0) is 62.1. The molecule has 0 bridgehead atoms. The van der Waals surface area contributed by atoms with E-state index in [2.05, 4.69) is 38.2 Å². The summed E-state index contributed by atoms with van der Waals surface area (Å²) in [6, 6.07) is -0.884. The monoisotopic (exact) mass is 1220 g/mol. The number of carbonyl (C=O) groups excluding carboxylic acids is 2. The lowest BCUT2D eigenvalue weighted by molar-refractivity contribution is -0.870. The number of hydrogen-bond donors (Lipinski definition) is 1. The smallest absolute Gasteiger partial charge is 0.306 e. The van der Waals surface area contributed by atoms with E-state index in [0.29, 0.717) is 17.4 Å². The Morgan fingerprint density at radius 3 is 1.00 bits per heavy atom. The molecular weight excluding hydrogens is 1070 g/mol. The molecule has 0 aromatic heterocycles. The van der Waals surface area contributed by atoms with Gasteiger partial charge in [0.1, 0.15) is 19.3 Å². The van der Waals surface area contributed by atoms with Crippen LogP contribution in [0, 0.1) is 0 Å². The normalized spacial score (nSPS) is 13.5. The van der Waals surface area contributed by atoms with E-state index in [-0.39, 0.29) is 31.5 Å². The first-order chi connectivity index (χ1) is 41.4. The van der Waals surface area contributed by atoms with E-state index in [1.54, 1.807) is 0 Å². The zero-order valence-corrected chi connectivity index (χ0v) is 58.7. The Labute approximate surface area is 530 Å². The summed E-state index contributed by atoms with van der Waals surface area (Å²) in [5.74, 6) is -0.515. The molecule has 504 valence electrons. The maximum absolute atomic E-state index is 13.6. The molecule has 0 heterocycles. The Morgan fingerprint density at radius 1 is 0.400 bits per heavy atom. The van der Waals surface area contributed by atoms with E-state index in [9.17, 15) is 19.0 Å². The van der Waals surface area contributed by atoms with Crippen molar-refractivity contribution in [3.8, 4) is 0 Å². The van der Waals surface area contributed by atoms with Gasteiger partial charge in [0.15, 0.2) is 0 Å². The number of rotatable bonds is 70. The molecule has 3 atom stereocenters. The highest BCUT2D eigenvalue weighted by atomic mass is 31.2. The number of allylic oxidation sites excluding steroid dienone is 3. The highest BCUT2D eigenvalue weighted by Gasteiger charge is 2.27. The number of ether oxygens (including phenoxy) is 1. The largest absolute Gasteiger partial charge is 0.756 e. The number of unbranched alkanes of at least 4 members (excludes halogenated alkanes) is 52. The minimum Gasteiger partial charge on any atom is -0.756 e. The van der Waals surface area contributed by atoms with E-state index in [1.807, 2.05) is 33.3 Å². The van der Waals surface area contributed by atoms with Crippen molar-refractivity contribution in [1.82, 2.24) is 5.32 Å². The molecule has 0 aliphatic heterocycles. The summed E-state index contributed by atoms with van der Waals surface area (Å²) in [6.07, 6.45) is 80.2. The molecule has 0 aromatic rings. The van der Waals surface area contributed by atoms with Gasteiger partial charge in [-0.2, -0.15) is 0 Å². The standard InChI is InChI=1S/C75H147N2O7P/c1-7-10-13-16-19-22-25-28-30-32-34-36-38-40-42-44-46-49-52-55-58-61-64-67-74(78)76-72(71-83-85(80,81)82-70-69-77(4,5)6)73(66-63-60-57-54-51-48-27-24-21-18-15-12-9-3)84-75(79)68-65-62-59-56-53-50-47-45-43-41-39-37-35-33-31-29-26-23-20-17-14-11-8-2/h28,30,63,66,72-73H,7-27,29,31-62,64-65,67-71H2,1-6H3,(H-,76,78,80,81)/b30-28+,66-63+. The van der Waals surface area contributed by atoms with Crippen LogP contribution < -0.4 is 10.2 Å². The molecule has 0 aliphatic rings. The van der Waals surface area contributed by atoms with Crippen LogP contribution >= 0.6 is 7.82 Å². The molecule has 85 heavy (non-hydrogen) atoms. The summed E-state index contributed by atoms with van der Waals surface area (Å²) >= 11 is 0. The minimum atomic E-state index is -4.70. The minimum absolute atomic E-state index is 0.0179. The fraction of sp³-hybridized carbons (Fsp3) is 0.920. The summed E-state index contributed by atoms with van der Waals surface area (Å²) in [7, 11) is 1.21. The van der Waals surface area contributed by atoms with Gasteiger partial charge >= 0.3 is 5.97 Å². The molecule has 0 aromatic carbocycles. The number of quaternary nitrogens is 1. The second kappa shape index (κ2) is 65.4. The van der Waals surface area contributed by atoms with Gasteiger partial charge in [-0.05, 0) is 57.4 Å². The van der Waals surface area contributed by atoms with Gasteiger partial charge < -0.3 is 28.5 Å². The van der Waals surface area contributed by atoms with Crippen LogP contribution in [0.4, 0.5) is 0 Å². The second-order valence-electron chi connectivity index (χ2n) is 27.2. The van der Waals surface area contributed by atoms with Crippen molar-refractivity contribution in [3.63, 3.8) is 0 Å². The molecule has 3 unspecified atom stereocenters. The number of carbonyl (C=O) groups is 2. The lowest BCUT2D eigenvalue weighted by Crippen LogP contribution is -2.47. The van der Waals surface area contributed by atoms with Crippen molar-refractivity contribution in [1.29, 1.82) is 0 Å². The highest BCUT2D eigenvalue weighted by molar-refractivity contribution is 7.45. The summed E-state index contributed by atoms with van der Waals surface area (Å²) in [6.45, 7) is 6.92. The van der Waals surface area contributed by atoms with E-state index < -0.39 is 20.0 Å². The van der Waals surface area contributed by atoms with Crippen molar-refractivity contribution in [2.24, 2.45) is 0 Å². The second-order valence-corrected chi connectivity index (χ2v) is 28.6. The maximum Gasteiger partial charge on any atom is 0.306 e. The number of esters is 1. The van der Waals surface area contributed by atoms with Gasteiger partial charge in [0.25, 0.3) is 7.82 Å². The average Bonchev–Trinajstić information content (AvgIpc) is 3.52. The maximum atomic E-state index is 13.6. The predicted molar refractivity (Wildman–Crippen MR) is 367 cm³/mol. The van der Waals surface area contributed by atoms with Gasteiger partial charge in [-0.15, -0.1) is 0 Å². The van der Waals surface area contributed by atoms with Crippen molar-refractivity contribution in [2.75, 3.05) is 40.9 Å². The average molecular weight is 1220 g/mol. The Kier molecular flexibility index (Phi) is 64.3. The van der Waals surface area contributed by atoms with Crippen LogP contribution in [0.2, 0.25) is 0 Å². The first kappa shape index (κ1) is 83.5. The van der Waals surface area contributed by atoms with Crippen LogP contribution in [-0.2, 0) is 27.9 Å². The quantitative estimate of drug-likeness (QED) is 0.0212. The third-order valence-electron chi connectivity index (χ3n) is 17.4. The van der Waals surface area contributed by atoms with Crippen LogP contribution in [0.25, 0.3) is 0 Å². The summed E-state index contributed by atoms with van der Waals surface area (Å²) < 4.78 is 30.5. The van der Waals surface area contributed by atoms with Gasteiger partial charge in [0.05, 0.1) is 33.8 Å². The Morgan fingerprint density at radius 2 is 0.682 bits per heavy atom. The fourth-order valence-corrected chi connectivity index (χ4v) is 12.3. The Hall–Kier alpha value is -1.51. The number of phosphoric acid groups is 1. The van der Waals surface area contributed by atoms with Crippen molar-refractivity contribution >= 4 is 19.7 Å². The highest BCUT2D eigenvalue weighted by Crippen LogP contribution is 2.38. The van der Waals surface area contributed by atoms with Crippen molar-refractivity contribution in [2.45, 2.75) is 405 Å². The van der Waals surface area contributed by atoms with E-state index in [0.717, 1.165) is 57.8 Å². The van der Waals surface area contributed by atoms with E-state index in [4.69, 9.17) is 13.8 Å². The molecule has 0 saturated heterocycles. The third kappa shape index (κ3) is 66.7. The molecule has 10 heteroatoms. The lowest BCUT2D eigenvalue weighted by Gasteiger charge is -2.30. The van der Waals surface area contributed by atoms with Gasteiger partial charge in [-0.25, -0.2) is 0 Å². The number of amides is 1. The number of likely N-dealkylation sites (N-methyl/N-ethyl adjacent to an activating group) is 1. The van der Waals surface area contributed by atoms with E-state index in [1.165, 1.54) is 302 Å². The molecule has 1 amide bonds. The number of phosphoric ester groups is 1. The van der Waals surface area contributed by atoms with Crippen LogP contribution in [0.15, 0.2) is 24.3 Å². The molecule has 1 N–H and O–H groups in total. The van der Waals surface area contributed by atoms with Crippen molar-refractivity contribution < 1.29 is 37.3 Å². The molecule has 0 saturated carbocycles. The predicted octanol–water partition coefficient (Wildman–Crippen LogP) is 23.4. The number of nitrogens with one attached hydrogen (secondary N) is 1. The SMILES string of the molecule is CCCCCCCC/C=C/CCCCCCCCCCCCCCCC(=O)NC(COP(=O)([O-])OCC[N+](C)(C)C)C(/C=C/CCCCCCCCCCCCC)OC(=O)CCCCCCCCCCCCCCCCCCCCCCCCC. The summed E-state index contributed by atoms with van der Waals surface area (Å²) in [4.78, 5) is 40.3. The summed E-state index contributed by atoms with van der Waals surface area (Å²) in [5, 5.41) is 3.06. The molecule has 0 rings (SSSR count). The molecule has 0 aliphatic carbocycles. The summed E-state index contributed by atoms with van der Waals surface area (Å²) in [5.41, 5.74) is 0. The third-order valence-corrected chi connectivity index (χ3v) is 18.3. The van der Waals surface area contributed by atoms with Crippen LogP contribution in [0.5, 0.6) is 0 Å².